The van der Waals surface area contributed by atoms with Crippen LogP contribution in [0.4, 0.5) is 4.79 Å². The van der Waals surface area contributed by atoms with Crippen LogP contribution in [0.15, 0.2) is 30.3 Å². The fraction of sp³-hybridized carbons (Fsp3) is 0.556. The lowest BCUT2D eigenvalue weighted by Gasteiger charge is -2.33. The maximum absolute atomic E-state index is 12.2. The summed E-state index contributed by atoms with van der Waals surface area (Å²) in [5.74, 6) is 0.694. The lowest BCUT2D eigenvalue weighted by molar-refractivity contribution is -0.134. The highest BCUT2D eigenvalue weighted by Crippen LogP contribution is 2.13. The number of carbonyl (C=O) groups is 2. The highest BCUT2D eigenvalue weighted by atomic mass is 16.5. The number of piperidine rings is 1. The molecule has 0 unspecified atom stereocenters. The summed E-state index contributed by atoms with van der Waals surface area (Å²) in [6, 6.07) is 9.46. The zero-order valence-electron chi connectivity index (χ0n) is 14.5. The highest BCUT2D eigenvalue weighted by Gasteiger charge is 2.25. The smallest absolute Gasteiger partial charge is 0.317 e. The van der Waals surface area contributed by atoms with E-state index >= 15 is 0 Å². The van der Waals surface area contributed by atoms with Gasteiger partial charge in [-0.05, 0) is 38.8 Å². The van der Waals surface area contributed by atoms with E-state index in [1.165, 1.54) is 0 Å². The average molecular weight is 333 g/mol. The van der Waals surface area contributed by atoms with Crippen molar-refractivity contribution in [3.8, 4) is 5.75 Å². The number of ether oxygens (including phenoxy) is 1. The summed E-state index contributed by atoms with van der Waals surface area (Å²) in [5, 5.41) is 3.06. The fourth-order valence-electron chi connectivity index (χ4n) is 2.80. The molecule has 132 valence electrons. The molecule has 3 amide bonds. The number of nitrogens with one attached hydrogen (secondary N) is 1. The van der Waals surface area contributed by atoms with Crippen molar-refractivity contribution in [3.63, 3.8) is 0 Å². The van der Waals surface area contributed by atoms with Crippen LogP contribution >= 0.6 is 0 Å². The molecule has 0 atom stereocenters. The number of hydrogen-bond acceptors (Lipinski definition) is 3. The van der Waals surface area contributed by atoms with Crippen LogP contribution in [-0.2, 0) is 4.79 Å². The number of urea groups is 1. The maximum Gasteiger partial charge on any atom is 0.317 e. The Morgan fingerprint density at radius 1 is 1.17 bits per heavy atom. The molecule has 24 heavy (non-hydrogen) atoms. The second kappa shape index (κ2) is 9.15. The van der Waals surface area contributed by atoms with Crippen molar-refractivity contribution >= 4 is 11.9 Å². The molecule has 0 aliphatic carbocycles. The lowest BCUT2D eigenvalue weighted by Crippen LogP contribution is -2.50. The molecule has 1 aliphatic rings. The van der Waals surface area contributed by atoms with Crippen LogP contribution < -0.4 is 10.1 Å². The maximum atomic E-state index is 12.2. The number of rotatable bonds is 6. The first-order valence-corrected chi connectivity index (χ1v) is 8.65. The van der Waals surface area contributed by atoms with E-state index in [1.54, 1.807) is 4.90 Å². The highest BCUT2D eigenvalue weighted by molar-refractivity contribution is 5.78. The molecule has 1 N–H and O–H groups in total. The zero-order valence-corrected chi connectivity index (χ0v) is 14.5. The third kappa shape index (κ3) is 5.15. The van der Waals surface area contributed by atoms with Crippen LogP contribution in [0.5, 0.6) is 5.75 Å². The molecule has 6 heteroatoms. The Morgan fingerprint density at radius 3 is 2.38 bits per heavy atom. The van der Waals surface area contributed by atoms with Crippen LogP contribution in [0.3, 0.4) is 0 Å². The van der Waals surface area contributed by atoms with E-state index in [2.05, 4.69) is 5.32 Å². The van der Waals surface area contributed by atoms with Crippen molar-refractivity contribution in [2.75, 3.05) is 32.8 Å². The van der Waals surface area contributed by atoms with Gasteiger partial charge in [-0.25, -0.2) is 4.79 Å². The predicted octanol–water partition coefficient (Wildman–Crippen LogP) is 2.11. The van der Waals surface area contributed by atoms with Crippen molar-refractivity contribution in [1.82, 2.24) is 15.1 Å². The Balaban J connectivity index is 1.72. The van der Waals surface area contributed by atoms with Gasteiger partial charge in [0.15, 0.2) is 6.61 Å². The monoisotopic (exact) mass is 333 g/mol. The quantitative estimate of drug-likeness (QED) is 0.867. The van der Waals surface area contributed by atoms with Crippen molar-refractivity contribution in [2.45, 2.75) is 32.7 Å². The predicted molar refractivity (Wildman–Crippen MR) is 93.0 cm³/mol. The van der Waals surface area contributed by atoms with Crippen molar-refractivity contribution < 1.29 is 14.3 Å². The Labute approximate surface area is 143 Å². The summed E-state index contributed by atoms with van der Waals surface area (Å²) in [6.45, 7) is 6.71. The Morgan fingerprint density at radius 2 is 1.79 bits per heavy atom. The summed E-state index contributed by atoms with van der Waals surface area (Å²) >= 11 is 0. The Kier molecular flexibility index (Phi) is 6.90. The zero-order chi connectivity index (χ0) is 17.4. The molecular weight excluding hydrogens is 306 g/mol. The Bertz CT molecular complexity index is 524. The van der Waals surface area contributed by atoms with Crippen LogP contribution in [0.25, 0.3) is 0 Å². The molecule has 0 bridgehead atoms. The molecule has 6 nitrogen and oxygen atoms in total. The summed E-state index contributed by atoms with van der Waals surface area (Å²) in [7, 11) is 0. The van der Waals surface area contributed by atoms with E-state index in [4.69, 9.17) is 4.74 Å². The molecule has 0 spiro atoms. The minimum absolute atomic E-state index is 0.00706. The third-order valence-electron chi connectivity index (χ3n) is 4.33. The number of likely N-dealkylation sites (tertiary alicyclic amines) is 1. The van der Waals surface area contributed by atoms with Crippen molar-refractivity contribution in [3.05, 3.63) is 30.3 Å². The molecule has 0 aromatic heterocycles. The SMILES string of the molecule is CCN(CC)C(=O)NC1CCN(C(=O)COc2ccccc2)CC1. The molecule has 1 saturated heterocycles. The van der Waals surface area contributed by atoms with Crippen LogP contribution in [0.2, 0.25) is 0 Å². The topological polar surface area (TPSA) is 61.9 Å². The molecule has 1 aromatic carbocycles. The number of para-hydroxylation sites is 1. The van der Waals surface area contributed by atoms with E-state index in [0.29, 0.717) is 31.9 Å². The average Bonchev–Trinajstić information content (AvgIpc) is 2.62. The van der Waals surface area contributed by atoms with Gasteiger partial charge in [-0.3, -0.25) is 4.79 Å². The second-order valence-corrected chi connectivity index (χ2v) is 5.88. The number of amides is 3. The second-order valence-electron chi connectivity index (χ2n) is 5.88. The normalized spacial score (nSPS) is 15.0. The number of carbonyl (C=O) groups excluding carboxylic acids is 2. The molecule has 1 fully saturated rings. The molecule has 1 aliphatic heterocycles. The van der Waals surface area contributed by atoms with Crippen LogP contribution in [0.1, 0.15) is 26.7 Å². The molecule has 1 aromatic rings. The summed E-state index contributed by atoms with van der Waals surface area (Å²) in [6.07, 6.45) is 1.56. The molecule has 2 rings (SSSR count). The van der Waals surface area contributed by atoms with E-state index in [0.717, 1.165) is 12.8 Å². The molecule has 0 saturated carbocycles. The van der Waals surface area contributed by atoms with Gasteiger partial charge < -0.3 is 19.9 Å². The van der Waals surface area contributed by atoms with Crippen LogP contribution in [-0.4, -0.2) is 60.6 Å². The standard InChI is InChI=1S/C18H27N3O3/c1-3-20(4-2)18(23)19-15-10-12-21(13-11-15)17(22)14-24-16-8-6-5-7-9-16/h5-9,15H,3-4,10-14H2,1-2H3,(H,19,23). The largest absolute Gasteiger partial charge is 0.484 e. The number of benzene rings is 1. The minimum atomic E-state index is -0.0165. The first-order valence-electron chi connectivity index (χ1n) is 8.65. The number of nitrogens with zero attached hydrogens (tertiary/aromatic N) is 2. The van der Waals surface area contributed by atoms with Gasteiger partial charge in [-0.15, -0.1) is 0 Å². The molecule has 0 radical (unpaired) electrons. The van der Waals surface area contributed by atoms with E-state index in [9.17, 15) is 9.59 Å². The summed E-state index contributed by atoms with van der Waals surface area (Å²) in [5.41, 5.74) is 0. The van der Waals surface area contributed by atoms with Gasteiger partial charge in [0.25, 0.3) is 5.91 Å². The molecular formula is C18H27N3O3. The minimum Gasteiger partial charge on any atom is -0.484 e. The van der Waals surface area contributed by atoms with E-state index in [1.807, 2.05) is 49.1 Å². The van der Waals surface area contributed by atoms with Gasteiger partial charge in [0.2, 0.25) is 0 Å². The van der Waals surface area contributed by atoms with Gasteiger partial charge in [-0.2, -0.15) is 0 Å². The van der Waals surface area contributed by atoms with Gasteiger partial charge in [-0.1, -0.05) is 18.2 Å². The van der Waals surface area contributed by atoms with Gasteiger partial charge in [0.1, 0.15) is 5.75 Å². The van der Waals surface area contributed by atoms with Gasteiger partial charge in [0.05, 0.1) is 0 Å². The third-order valence-corrected chi connectivity index (χ3v) is 4.33. The fourth-order valence-corrected chi connectivity index (χ4v) is 2.80. The van der Waals surface area contributed by atoms with Crippen LogP contribution in [0, 0.1) is 0 Å². The first-order chi connectivity index (χ1) is 11.6. The van der Waals surface area contributed by atoms with E-state index < -0.39 is 0 Å². The Hall–Kier alpha value is -2.24. The first kappa shape index (κ1) is 18.1. The van der Waals surface area contributed by atoms with Crippen molar-refractivity contribution in [1.29, 1.82) is 0 Å². The van der Waals surface area contributed by atoms with Gasteiger partial charge in [0, 0.05) is 32.2 Å². The number of hydrogen-bond donors (Lipinski definition) is 1. The van der Waals surface area contributed by atoms with E-state index in [-0.39, 0.29) is 24.6 Å². The van der Waals surface area contributed by atoms with Gasteiger partial charge >= 0.3 is 6.03 Å². The summed E-state index contributed by atoms with van der Waals surface area (Å²) in [4.78, 5) is 27.8. The summed E-state index contributed by atoms with van der Waals surface area (Å²) < 4.78 is 5.51. The molecule has 1 heterocycles. The van der Waals surface area contributed by atoms with Crippen molar-refractivity contribution in [2.24, 2.45) is 0 Å². The lowest BCUT2D eigenvalue weighted by atomic mass is 10.1.